The molecule has 1 N–H and O–H groups in total. The summed E-state index contributed by atoms with van der Waals surface area (Å²) in [5.74, 6) is 0.498. The van der Waals surface area contributed by atoms with Gasteiger partial charge in [-0.25, -0.2) is 8.42 Å². The number of ether oxygens (including phenoxy) is 1. The molecule has 162 valence electrons. The lowest BCUT2D eigenvalue weighted by atomic mass is 10.1. The van der Waals surface area contributed by atoms with Crippen LogP contribution in [0.1, 0.15) is 27.0 Å². The van der Waals surface area contributed by atoms with Crippen LogP contribution in [0.25, 0.3) is 0 Å². The minimum Gasteiger partial charge on any atom is -0.496 e. The molecular weight excluding hydrogens is 412 g/mol. The predicted molar refractivity (Wildman–Crippen MR) is 122 cm³/mol. The van der Waals surface area contributed by atoms with Crippen molar-refractivity contribution in [2.75, 3.05) is 18.9 Å². The van der Waals surface area contributed by atoms with Crippen LogP contribution in [-0.4, -0.2) is 33.4 Å². The molecule has 6 nitrogen and oxygen atoms in total. The number of rotatable bonds is 7. The molecule has 0 radical (unpaired) electrons. The van der Waals surface area contributed by atoms with Gasteiger partial charge >= 0.3 is 0 Å². The largest absolute Gasteiger partial charge is 0.496 e. The van der Waals surface area contributed by atoms with Gasteiger partial charge in [-0.15, -0.1) is 0 Å². The van der Waals surface area contributed by atoms with Gasteiger partial charge in [0.15, 0.2) is 0 Å². The van der Waals surface area contributed by atoms with Gasteiger partial charge < -0.3 is 9.64 Å². The number of amides is 1. The number of hydrogen-bond acceptors (Lipinski definition) is 4. The molecule has 7 heteroatoms. The summed E-state index contributed by atoms with van der Waals surface area (Å²) in [4.78, 5) is 14.9. The average Bonchev–Trinajstić information content (AvgIpc) is 2.75. The lowest BCUT2D eigenvalue weighted by molar-refractivity contribution is 0.0783. The number of sulfonamides is 1. The van der Waals surface area contributed by atoms with E-state index < -0.39 is 10.0 Å². The molecular formula is C24H26N2O4S. The number of nitrogens with one attached hydrogen (secondary N) is 1. The Morgan fingerprint density at radius 1 is 0.968 bits per heavy atom. The van der Waals surface area contributed by atoms with E-state index in [4.69, 9.17) is 4.74 Å². The molecule has 0 aliphatic carbocycles. The van der Waals surface area contributed by atoms with Gasteiger partial charge in [0.25, 0.3) is 15.9 Å². The molecule has 31 heavy (non-hydrogen) atoms. The van der Waals surface area contributed by atoms with Crippen LogP contribution in [0.5, 0.6) is 5.75 Å². The first-order valence-electron chi connectivity index (χ1n) is 9.79. The Morgan fingerprint density at radius 2 is 1.65 bits per heavy atom. The molecule has 0 aliphatic heterocycles. The number of hydrogen-bond donors (Lipinski definition) is 1. The van der Waals surface area contributed by atoms with Crippen LogP contribution < -0.4 is 9.46 Å². The van der Waals surface area contributed by atoms with Gasteiger partial charge in [-0.05, 0) is 49.7 Å². The van der Waals surface area contributed by atoms with Crippen molar-refractivity contribution in [3.8, 4) is 5.75 Å². The second-order valence-electron chi connectivity index (χ2n) is 7.37. The molecule has 0 saturated carbocycles. The molecule has 0 bridgehead atoms. The first kappa shape index (κ1) is 22.4. The van der Waals surface area contributed by atoms with Crippen molar-refractivity contribution in [2.45, 2.75) is 25.3 Å². The van der Waals surface area contributed by atoms with Crippen LogP contribution >= 0.6 is 0 Å². The summed E-state index contributed by atoms with van der Waals surface area (Å²) in [6.45, 7) is 3.99. The highest BCUT2D eigenvalue weighted by Crippen LogP contribution is 2.25. The van der Waals surface area contributed by atoms with Crippen LogP contribution in [0.15, 0.2) is 71.6 Å². The van der Waals surface area contributed by atoms with Gasteiger partial charge in [0.05, 0.1) is 17.7 Å². The van der Waals surface area contributed by atoms with E-state index in [9.17, 15) is 13.2 Å². The monoisotopic (exact) mass is 438 g/mol. The van der Waals surface area contributed by atoms with E-state index in [1.54, 1.807) is 68.4 Å². The summed E-state index contributed by atoms with van der Waals surface area (Å²) in [6.07, 6.45) is 0. The van der Waals surface area contributed by atoms with E-state index in [0.717, 1.165) is 11.1 Å². The summed E-state index contributed by atoms with van der Waals surface area (Å²) < 4.78 is 33.5. The molecule has 0 aliphatic rings. The first-order valence-corrected chi connectivity index (χ1v) is 11.3. The molecule has 3 rings (SSSR count). The van der Waals surface area contributed by atoms with Crippen molar-refractivity contribution in [3.05, 3.63) is 89.0 Å². The minimum absolute atomic E-state index is 0.169. The molecule has 0 atom stereocenters. The van der Waals surface area contributed by atoms with E-state index >= 15 is 0 Å². The molecule has 1 amide bonds. The van der Waals surface area contributed by atoms with Gasteiger partial charge in [0, 0.05) is 24.7 Å². The fraction of sp³-hybridized carbons (Fsp3) is 0.208. The van der Waals surface area contributed by atoms with Gasteiger partial charge in [-0.1, -0.05) is 42.0 Å². The smallest absolute Gasteiger partial charge is 0.261 e. The Labute approximate surface area is 183 Å². The van der Waals surface area contributed by atoms with E-state index in [2.05, 4.69) is 4.72 Å². The lowest BCUT2D eigenvalue weighted by Gasteiger charge is -2.21. The first-order chi connectivity index (χ1) is 14.7. The molecule has 0 saturated heterocycles. The summed E-state index contributed by atoms with van der Waals surface area (Å²) in [6, 6.07) is 19.1. The number of methoxy groups -OCH3 is 1. The third-order valence-electron chi connectivity index (χ3n) is 5.09. The van der Waals surface area contributed by atoms with Gasteiger partial charge in [-0.3, -0.25) is 9.52 Å². The van der Waals surface area contributed by atoms with Crippen molar-refractivity contribution in [1.82, 2.24) is 4.90 Å². The maximum Gasteiger partial charge on any atom is 0.261 e. The molecule has 3 aromatic rings. The zero-order valence-electron chi connectivity index (χ0n) is 18.0. The lowest BCUT2D eigenvalue weighted by Crippen LogP contribution is -2.27. The van der Waals surface area contributed by atoms with Gasteiger partial charge in [0.2, 0.25) is 0 Å². The predicted octanol–water partition coefficient (Wildman–Crippen LogP) is 4.39. The zero-order valence-corrected chi connectivity index (χ0v) is 18.9. The number of benzene rings is 3. The topological polar surface area (TPSA) is 75.7 Å². The average molecular weight is 439 g/mol. The van der Waals surface area contributed by atoms with E-state index in [-0.39, 0.29) is 10.8 Å². The Hall–Kier alpha value is -3.32. The van der Waals surface area contributed by atoms with Gasteiger partial charge in [0.1, 0.15) is 5.75 Å². The number of nitrogens with zero attached hydrogens (tertiary/aromatic N) is 1. The molecule has 3 aromatic carbocycles. The SMILES string of the molecule is COc1ccccc1CN(C)C(=O)c1cccc(NS(=O)(=O)c2ccc(C)cc2)c1C. The van der Waals surface area contributed by atoms with Gasteiger partial charge in [-0.2, -0.15) is 0 Å². The van der Waals surface area contributed by atoms with E-state index in [1.807, 2.05) is 31.2 Å². The second kappa shape index (κ2) is 9.22. The normalized spacial score (nSPS) is 11.1. The van der Waals surface area contributed by atoms with Crippen LogP contribution in [0.3, 0.4) is 0 Å². The number of anilines is 1. The van der Waals surface area contributed by atoms with Crippen LogP contribution in [0, 0.1) is 13.8 Å². The minimum atomic E-state index is -3.76. The summed E-state index contributed by atoms with van der Waals surface area (Å²) in [5, 5.41) is 0. The number of carbonyl (C=O) groups is 1. The fourth-order valence-corrected chi connectivity index (χ4v) is 4.39. The van der Waals surface area contributed by atoms with Crippen molar-refractivity contribution >= 4 is 21.6 Å². The summed E-state index contributed by atoms with van der Waals surface area (Å²) in [7, 11) is -0.467. The zero-order chi connectivity index (χ0) is 22.6. The Kier molecular flexibility index (Phi) is 6.65. The number of para-hydroxylation sites is 1. The molecule has 0 fully saturated rings. The number of aryl methyl sites for hydroxylation is 1. The quantitative estimate of drug-likeness (QED) is 0.594. The van der Waals surface area contributed by atoms with Crippen LogP contribution in [-0.2, 0) is 16.6 Å². The standard InChI is InChI=1S/C24H26N2O4S/c1-17-12-14-20(15-13-17)31(28,29)25-22-10-7-9-21(18(22)2)24(27)26(3)16-19-8-5-6-11-23(19)30-4/h5-15,25H,16H2,1-4H3. The highest BCUT2D eigenvalue weighted by molar-refractivity contribution is 7.92. The third kappa shape index (κ3) is 5.06. The Balaban J connectivity index is 1.84. The highest BCUT2D eigenvalue weighted by Gasteiger charge is 2.20. The molecule has 0 aromatic heterocycles. The maximum absolute atomic E-state index is 13.1. The Morgan fingerprint density at radius 3 is 2.32 bits per heavy atom. The third-order valence-corrected chi connectivity index (χ3v) is 6.47. The van der Waals surface area contributed by atoms with Crippen molar-refractivity contribution < 1.29 is 17.9 Å². The van der Waals surface area contributed by atoms with E-state index in [0.29, 0.717) is 29.1 Å². The fourth-order valence-electron chi connectivity index (χ4n) is 3.27. The van der Waals surface area contributed by atoms with Crippen molar-refractivity contribution in [1.29, 1.82) is 0 Å². The molecule has 0 spiro atoms. The summed E-state index contributed by atoms with van der Waals surface area (Å²) >= 11 is 0. The second-order valence-corrected chi connectivity index (χ2v) is 9.05. The highest BCUT2D eigenvalue weighted by atomic mass is 32.2. The van der Waals surface area contributed by atoms with Crippen molar-refractivity contribution in [3.63, 3.8) is 0 Å². The summed E-state index contributed by atoms with van der Waals surface area (Å²) in [5.41, 5.74) is 3.23. The number of carbonyl (C=O) groups excluding carboxylic acids is 1. The van der Waals surface area contributed by atoms with Crippen molar-refractivity contribution in [2.24, 2.45) is 0 Å². The maximum atomic E-state index is 13.1. The Bertz CT molecular complexity index is 1190. The molecule has 0 unspecified atom stereocenters. The van der Waals surface area contributed by atoms with Crippen LogP contribution in [0.4, 0.5) is 5.69 Å². The van der Waals surface area contributed by atoms with E-state index in [1.165, 1.54) is 0 Å². The van der Waals surface area contributed by atoms with Crippen LogP contribution in [0.2, 0.25) is 0 Å². The molecule has 0 heterocycles.